The number of hydrogen-bond donors (Lipinski definition) is 1. The van der Waals surface area contributed by atoms with Crippen molar-refractivity contribution in [3.8, 4) is 0 Å². The van der Waals surface area contributed by atoms with Crippen molar-refractivity contribution in [1.29, 1.82) is 0 Å². The first-order valence-electron chi connectivity index (χ1n) is 5.55. The molecule has 1 aliphatic rings. The maximum absolute atomic E-state index is 11.3. The fourth-order valence-corrected chi connectivity index (χ4v) is 1.74. The van der Waals surface area contributed by atoms with Crippen LogP contribution in [0.5, 0.6) is 0 Å². The first-order valence-corrected chi connectivity index (χ1v) is 5.55. The number of nitrogens with zero attached hydrogens (tertiary/aromatic N) is 3. The van der Waals surface area contributed by atoms with Crippen LogP contribution in [0, 0.1) is 0 Å². The van der Waals surface area contributed by atoms with Crippen LogP contribution in [0.25, 0.3) is 0 Å². The smallest absolute Gasteiger partial charge is 0.248 e. The molecule has 0 aromatic carbocycles. The van der Waals surface area contributed by atoms with E-state index in [1.165, 1.54) is 0 Å². The molecule has 1 amide bonds. The van der Waals surface area contributed by atoms with Crippen LogP contribution in [0.3, 0.4) is 0 Å². The summed E-state index contributed by atoms with van der Waals surface area (Å²) in [6.07, 6.45) is 2.18. The molecule has 0 aromatic rings. The van der Waals surface area contributed by atoms with Gasteiger partial charge in [-0.3, -0.25) is 4.79 Å². The molecule has 1 N–H and O–H groups in total. The second-order valence-corrected chi connectivity index (χ2v) is 4.20. The van der Waals surface area contributed by atoms with Gasteiger partial charge in [0.05, 0.1) is 0 Å². The van der Waals surface area contributed by atoms with Gasteiger partial charge in [0.2, 0.25) is 5.91 Å². The second-order valence-electron chi connectivity index (χ2n) is 4.20. The summed E-state index contributed by atoms with van der Waals surface area (Å²) in [5.41, 5.74) is 3.10. The first kappa shape index (κ1) is 12.4. The van der Waals surface area contributed by atoms with Crippen LogP contribution in [0.2, 0.25) is 0 Å². The summed E-state index contributed by atoms with van der Waals surface area (Å²) in [7, 11) is 4.13. The van der Waals surface area contributed by atoms with E-state index in [-0.39, 0.29) is 5.91 Å². The molecule has 5 heteroatoms. The largest absolute Gasteiger partial charge is 0.309 e. The van der Waals surface area contributed by atoms with Gasteiger partial charge in [0, 0.05) is 26.6 Å². The van der Waals surface area contributed by atoms with E-state index in [1.807, 2.05) is 0 Å². The van der Waals surface area contributed by atoms with E-state index >= 15 is 0 Å². The predicted molar refractivity (Wildman–Crippen MR) is 59.9 cm³/mol. The number of hydrazine groups is 2. The number of nitrogens with one attached hydrogen (secondary N) is 1. The van der Waals surface area contributed by atoms with Crippen LogP contribution >= 0.6 is 0 Å². The van der Waals surface area contributed by atoms with Crippen molar-refractivity contribution in [2.75, 3.05) is 40.3 Å². The third-order valence-corrected chi connectivity index (χ3v) is 2.46. The Bertz CT molecular complexity index is 208. The number of amides is 1. The van der Waals surface area contributed by atoms with E-state index in [0.29, 0.717) is 0 Å². The summed E-state index contributed by atoms with van der Waals surface area (Å²) in [5.74, 6) is 0.0690. The van der Waals surface area contributed by atoms with Crippen molar-refractivity contribution in [3.63, 3.8) is 0 Å². The van der Waals surface area contributed by atoms with Gasteiger partial charge < -0.3 is 4.90 Å². The van der Waals surface area contributed by atoms with Gasteiger partial charge in [-0.1, -0.05) is 0 Å². The zero-order valence-electron chi connectivity index (χ0n) is 9.99. The number of carbonyl (C=O) groups excluding carboxylic acids is 1. The molecule has 1 rings (SSSR count). The molecule has 0 radical (unpaired) electrons. The maximum Gasteiger partial charge on any atom is 0.248 e. The molecule has 88 valence electrons. The van der Waals surface area contributed by atoms with E-state index in [0.717, 1.165) is 39.0 Å². The van der Waals surface area contributed by atoms with Gasteiger partial charge >= 0.3 is 0 Å². The number of carbonyl (C=O) groups is 1. The molecule has 0 saturated carbocycles. The zero-order valence-corrected chi connectivity index (χ0v) is 9.99. The van der Waals surface area contributed by atoms with Crippen LogP contribution in [0.15, 0.2) is 0 Å². The molecule has 1 aliphatic heterocycles. The Morgan fingerprint density at radius 1 is 1.47 bits per heavy atom. The summed E-state index contributed by atoms with van der Waals surface area (Å²) in [5, 5.41) is 3.74. The summed E-state index contributed by atoms with van der Waals surface area (Å²) < 4.78 is 0. The van der Waals surface area contributed by atoms with E-state index in [9.17, 15) is 4.79 Å². The minimum absolute atomic E-state index is 0.0690. The first-order chi connectivity index (χ1) is 7.11. The van der Waals surface area contributed by atoms with Crippen molar-refractivity contribution in [3.05, 3.63) is 0 Å². The molecule has 1 fully saturated rings. The summed E-state index contributed by atoms with van der Waals surface area (Å²) in [6, 6.07) is 0. The predicted octanol–water partition coefficient (Wildman–Crippen LogP) is -0.0881. The molecular formula is C10H22N4O. The van der Waals surface area contributed by atoms with E-state index in [4.69, 9.17) is 0 Å². The Morgan fingerprint density at radius 3 is 2.80 bits per heavy atom. The van der Waals surface area contributed by atoms with Crippen LogP contribution < -0.4 is 5.43 Å². The molecule has 1 saturated heterocycles. The van der Waals surface area contributed by atoms with E-state index in [2.05, 4.69) is 29.4 Å². The maximum atomic E-state index is 11.3. The van der Waals surface area contributed by atoms with E-state index < -0.39 is 0 Å². The molecule has 1 heterocycles. The quantitative estimate of drug-likeness (QED) is 0.710. The van der Waals surface area contributed by atoms with Crippen molar-refractivity contribution >= 4 is 5.91 Å². The Labute approximate surface area is 91.9 Å². The Kier molecular flexibility index (Phi) is 5.01. The summed E-state index contributed by atoms with van der Waals surface area (Å²) in [4.78, 5) is 13.5. The van der Waals surface area contributed by atoms with E-state index in [1.54, 1.807) is 12.0 Å². The van der Waals surface area contributed by atoms with Gasteiger partial charge in [-0.05, 0) is 33.5 Å². The van der Waals surface area contributed by atoms with Gasteiger partial charge in [-0.15, -0.1) is 0 Å². The number of rotatable bonds is 4. The van der Waals surface area contributed by atoms with Gasteiger partial charge in [0.25, 0.3) is 0 Å². The Hall–Kier alpha value is -0.650. The normalized spacial score (nSPS) is 18.5. The molecule has 0 atom stereocenters. The molecule has 5 nitrogen and oxygen atoms in total. The highest BCUT2D eigenvalue weighted by Crippen LogP contribution is 2.04. The van der Waals surface area contributed by atoms with Gasteiger partial charge in [0.15, 0.2) is 0 Å². The third-order valence-electron chi connectivity index (χ3n) is 2.46. The molecule has 0 aliphatic carbocycles. The van der Waals surface area contributed by atoms with Crippen molar-refractivity contribution in [2.45, 2.75) is 19.8 Å². The standard InChI is InChI=1S/C10H22N4O/c1-10(15)14-11-6-4-8-13(14)9-5-7-12(2)3/h11H,4-9H2,1-3H3. The molecule has 0 spiro atoms. The lowest BCUT2D eigenvalue weighted by Gasteiger charge is -2.38. The van der Waals surface area contributed by atoms with Crippen LogP contribution in [-0.4, -0.2) is 61.2 Å². The topological polar surface area (TPSA) is 38.8 Å². The Balaban J connectivity index is 2.33. The van der Waals surface area contributed by atoms with Gasteiger partial charge in [-0.2, -0.15) is 0 Å². The van der Waals surface area contributed by atoms with Gasteiger partial charge in [-0.25, -0.2) is 15.6 Å². The highest BCUT2D eigenvalue weighted by atomic mass is 16.2. The minimum atomic E-state index is 0.0690. The summed E-state index contributed by atoms with van der Waals surface area (Å²) in [6.45, 7) is 5.45. The van der Waals surface area contributed by atoms with Crippen LogP contribution in [0.1, 0.15) is 19.8 Å². The average Bonchev–Trinajstić information content (AvgIpc) is 2.17. The molecular weight excluding hydrogens is 192 g/mol. The Morgan fingerprint density at radius 2 is 2.20 bits per heavy atom. The van der Waals surface area contributed by atoms with Gasteiger partial charge in [0.1, 0.15) is 0 Å². The second kappa shape index (κ2) is 6.05. The molecule has 0 bridgehead atoms. The zero-order chi connectivity index (χ0) is 11.3. The molecule has 0 aromatic heterocycles. The van der Waals surface area contributed by atoms with Crippen LogP contribution in [-0.2, 0) is 4.79 Å². The minimum Gasteiger partial charge on any atom is -0.309 e. The third kappa shape index (κ3) is 4.15. The fourth-order valence-electron chi connectivity index (χ4n) is 1.74. The van der Waals surface area contributed by atoms with Crippen molar-refractivity contribution in [1.82, 2.24) is 20.5 Å². The van der Waals surface area contributed by atoms with Crippen LogP contribution in [0.4, 0.5) is 0 Å². The lowest BCUT2D eigenvalue weighted by atomic mass is 10.3. The van der Waals surface area contributed by atoms with Crippen molar-refractivity contribution in [2.24, 2.45) is 0 Å². The SMILES string of the molecule is CC(=O)N1NCCCN1CCCN(C)C. The average molecular weight is 214 g/mol. The highest BCUT2D eigenvalue weighted by molar-refractivity contribution is 5.72. The summed E-state index contributed by atoms with van der Waals surface area (Å²) >= 11 is 0. The van der Waals surface area contributed by atoms with Crippen molar-refractivity contribution < 1.29 is 4.79 Å². The number of hydrogen-bond acceptors (Lipinski definition) is 4. The lowest BCUT2D eigenvalue weighted by molar-refractivity contribution is -0.161. The molecule has 15 heavy (non-hydrogen) atoms. The highest BCUT2D eigenvalue weighted by Gasteiger charge is 2.20. The monoisotopic (exact) mass is 214 g/mol. The molecule has 0 unspecified atom stereocenters. The lowest BCUT2D eigenvalue weighted by Crippen LogP contribution is -2.58. The fraction of sp³-hybridized carbons (Fsp3) is 0.900.